The van der Waals surface area contributed by atoms with Crippen LogP contribution in [0, 0.1) is 0 Å². The molecule has 0 saturated heterocycles. The highest BCUT2D eigenvalue weighted by atomic mass is 32.1. The van der Waals surface area contributed by atoms with Crippen molar-refractivity contribution in [3.8, 4) is 10.6 Å². The van der Waals surface area contributed by atoms with E-state index in [9.17, 15) is 0 Å². The standard InChI is InChI=1S/C13H20N4S/c1-5-14-10(4)12-7-15-13(18-12)11-6-16-17(8-11)9(2)3/h6-10,14H,5H2,1-4H3. The molecular weight excluding hydrogens is 244 g/mol. The molecule has 0 aromatic carbocycles. The van der Waals surface area contributed by atoms with Crippen LogP contribution in [-0.2, 0) is 0 Å². The van der Waals surface area contributed by atoms with E-state index in [-0.39, 0.29) is 0 Å². The zero-order chi connectivity index (χ0) is 13.1. The lowest BCUT2D eigenvalue weighted by Crippen LogP contribution is -2.16. The van der Waals surface area contributed by atoms with E-state index in [4.69, 9.17) is 0 Å². The van der Waals surface area contributed by atoms with E-state index in [1.807, 2.05) is 17.1 Å². The van der Waals surface area contributed by atoms with Gasteiger partial charge in [-0.05, 0) is 27.3 Å². The van der Waals surface area contributed by atoms with Gasteiger partial charge >= 0.3 is 0 Å². The summed E-state index contributed by atoms with van der Waals surface area (Å²) in [7, 11) is 0. The van der Waals surface area contributed by atoms with Gasteiger partial charge in [-0.25, -0.2) is 4.98 Å². The lowest BCUT2D eigenvalue weighted by Gasteiger charge is -2.07. The zero-order valence-electron chi connectivity index (χ0n) is 11.3. The Morgan fingerprint density at radius 1 is 1.33 bits per heavy atom. The molecule has 0 spiro atoms. The maximum Gasteiger partial charge on any atom is 0.126 e. The van der Waals surface area contributed by atoms with Crippen LogP contribution in [0.1, 0.15) is 44.7 Å². The maximum absolute atomic E-state index is 4.49. The Labute approximate surface area is 112 Å². The van der Waals surface area contributed by atoms with Gasteiger partial charge in [0.25, 0.3) is 0 Å². The fourth-order valence-electron chi connectivity index (χ4n) is 1.76. The van der Waals surface area contributed by atoms with E-state index in [1.165, 1.54) is 4.88 Å². The molecule has 0 radical (unpaired) electrons. The molecule has 0 bridgehead atoms. The SMILES string of the molecule is CCNC(C)c1cnc(-c2cnn(C(C)C)c2)s1. The summed E-state index contributed by atoms with van der Waals surface area (Å²) in [6, 6.07) is 0.750. The second-order valence-electron chi connectivity index (χ2n) is 4.65. The Morgan fingerprint density at radius 2 is 2.11 bits per heavy atom. The van der Waals surface area contributed by atoms with Crippen LogP contribution in [0.15, 0.2) is 18.6 Å². The summed E-state index contributed by atoms with van der Waals surface area (Å²) >= 11 is 1.73. The minimum absolute atomic E-state index is 0.362. The van der Waals surface area contributed by atoms with Crippen molar-refractivity contribution in [2.24, 2.45) is 0 Å². The largest absolute Gasteiger partial charge is 0.310 e. The highest BCUT2D eigenvalue weighted by molar-refractivity contribution is 7.15. The van der Waals surface area contributed by atoms with Crippen LogP contribution in [0.25, 0.3) is 10.6 Å². The van der Waals surface area contributed by atoms with Crippen LogP contribution in [0.2, 0.25) is 0 Å². The van der Waals surface area contributed by atoms with Gasteiger partial charge in [0.2, 0.25) is 0 Å². The molecule has 0 saturated carbocycles. The van der Waals surface area contributed by atoms with Gasteiger partial charge in [-0.2, -0.15) is 5.10 Å². The van der Waals surface area contributed by atoms with E-state index in [1.54, 1.807) is 11.3 Å². The van der Waals surface area contributed by atoms with Gasteiger partial charge in [-0.3, -0.25) is 4.68 Å². The molecule has 1 unspecified atom stereocenters. The van der Waals surface area contributed by atoms with E-state index in [2.05, 4.69) is 49.3 Å². The molecule has 18 heavy (non-hydrogen) atoms. The zero-order valence-corrected chi connectivity index (χ0v) is 12.2. The first kappa shape index (κ1) is 13.2. The first-order valence-corrected chi connectivity index (χ1v) is 7.17. The molecule has 4 nitrogen and oxygen atoms in total. The fourth-order valence-corrected chi connectivity index (χ4v) is 2.68. The van der Waals surface area contributed by atoms with Crippen LogP contribution in [0.5, 0.6) is 0 Å². The molecule has 0 aliphatic carbocycles. The van der Waals surface area contributed by atoms with E-state index >= 15 is 0 Å². The van der Waals surface area contributed by atoms with Gasteiger partial charge in [-0.15, -0.1) is 11.3 Å². The van der Waals surface area contributed by atoms with Gasteiger partial charge < -0.3 is 5.32 Å². The molecule has 0 amide bonds. The molecule has 0 aliphatic rings. The van der Waals surface area contributed by atoms with Crippen molar-refractivity contribution in [1.82, 2.24) is 20.1 Å². The van der Waals surface area contributed by atoms with Crippen molar-refractivity contribution in [3.63, 3.8) is 0 Å². The Hall–Kier alpha value is -1.20. The van der Waals surface area contributed by atoms with E-state index in [0.29, 0.717) is 12.1 Å². The average Bonchev–Trinajstić information content (AvgIpc) is 2.98. The monoisotopic (exact) mass is 264 g/mol. The van der Waals surface area contributed by atoms with Gasteiger partial charge in [-0.1, -0.05) is 6.92 Å². The third-order valence-electron chi connectivity index (χ3n) is 2.84. The summed E-state index contributed by atoms with van der Waals surface area (Å²) in [6.45, 7) is 9.50. The maximum atomic E-state index is 4.49. The molecule has 2 aromatic heterocycles. The number of hydrogen-bond donors (Lipinski definition) is 1. The molecule has 5 heteroatoms. The third kappa shape index (κ3) is 2.79. The minimum Gasteiger partial charge on any atom is -0.310 e. The van der Waals surface area contributed by atoms with Crippen molar-refractivity contribution in [1.29, 1.82) is 0 Å². The number of rotatable bonds is 5. The molecule has 2 rings (SSSR count). The summed E-state index contributed by atoms with van der Waals surface area (Å²) in [4.78, 5) is 5.76. The van der Waals surface area contributed by atoms with Crippen molar-refractivity contribution in [3.05, 3.63) is 23.5 Å². The molecular formula is C13H20N4S. The smallest absolute Gasteiger partial charge is 0.126 e. The van der Waals surface area contributed by atoms with E-state index < -0.39 is 0 Å². The highest BCUT2D eigenvalue weighted by Crippen LogP contribution is 2.28. The first-order valence-electron chi connectivity index (χ1n) is 6.35. The number of thiazole rings is 1. The molecule has 0 fully saturated rings. The Balaban J connectivity index is 2.18. The summed E-state index contributed by atoms with van der Waals surface area (Å²) < 4.78 is 1.96. The summed E-state index contributed by atoms with van der Waals surface area (Å²) in [5.74, 6) is 0. The Morgan fingerprint density at radius 3 is 2.72 bits per heavy atom. The van der Waals surface area contributed by atoms with Crippen LogP contribution in [0.4, 0.5) is 0 Å². The van der Waals surface area contributed by atoms with Crippen LogP contribution in [0.3, 0.4) is 0 Å². The van der Waals surface area contributed by atoms with Crippen molar-refractivity contribution in [2.75, 3.05) is 6.54 Å². The summed E-state index contributed by atoms with van der Waals surface area (Å²) in [5, 5.41) is 8.79. The number of nitrogens with zero attached hydrogens (tertiary/aromatic N) is 3. The topological polar surface area (TPSA) is 42.7 Å². The Bertz CT molecular complexity index is 501. The molecule has 1 atom stereocenters. The quantitative estimate of drug-likeness (QED) is 0.901. The normalized spacial score (nSPS) is 13.2. The van der Waals surface area contributed by atoms with Crippen molar-refractivity contribution < 1.29 is 0 Å². The second kappa shape index (κ2) is 5.63. The molecule has 2 aromatic rings. The van der Waals surface area contributed by atoms with Crippen LogP contribution >= 0.6 is 11.3 Å². The molecule has 1 N–H and O–H groups in total. The van der Waals surface area contributed by atoms with Crippen molar-refractivity contribution in [2.45, 2.75) is 39.8 Å². The fraction of sp³-hybridized carbons (Fsp3) is 0.538. The van der Waals surface area contributed by atoms with Gasteiger partial charge in [0.05, 0.1) is 6.20 Å². The first-order chi connectivity index (χ1) is 8.61. The van der Waals surface area contributed by atoms with Gasteiger partial charge in [0.15, 0.2) is 0 Å². The summed E-state index contributed by atoms with van der Waals surface area (Å²) in [6.07, 6.45) is 5.91. The lowest BCUT2D eigenvalue weighted by atomic mass is 10.3. The highest BCUT2D eigenvalue weighted by Gasteiger charge is 2.11. The average molecular weight is 264 g/mol. The lowest BCUT2D eigenvalue weighted by molar-refractivity contribution is 0.532. The molecule has 0 aliphatic heterocycles. The van der Waals surface area contributed by atoms with Gasteiger partial charge in [0.1, 0.15) is 5.01 Å². The van der Waals surface area contributed by atoms with Crippen LogP contribution < -0.4 is 5.32 Å². The number of nitrogens with one attached hydrogen (secondary N) is 1. The molecule has 98 valence electrons. The third-order valence-corrected chi connectivity index (χ3v) is 4.07. The second-order valence-corrected chi connectivity index (χ2v) is 5.71. The predicted octanol–water partition coefficient (Wildman–Crippen LogP) is 3.26. The number of hydrogen-bond acceptors (Lipinski definition) is 4. The minimum atomic E-state index is 0.362. The molecule has 2 heterocycles. The van der Waals surface area contributed by atoms with E-state index in [0.717, 1.165) is 17.1 Å². The summed E-state index contributed by atoms with van der Waals surface area (Å²) in [5.41, 5.74) is 1.10. The predicted molar refractivity (Wildman–Crippen MR) is 75.8 cm³/mol. The Kier molecular flexibility index (Phi) is 4.14. The van der Waals surface area contributed by atoms with Crippen molar-refractivity contribution >= 4 is 11.3 Å². The van der Waals surface area contributed by atoms with Crippen LogP contribution in [-0.4, -0.2) is 21.3 Å². The number of aromatic nitrogens is 3. The van der Waals surface area contributed by atoms with Gasteiger partial charge in [0, 0.05) is 34.9 Å².